The highest BCUT2D eigenvalue weighted by Gasteiger charge is 2.28. The molecule has 7 heteroatoms. The third-order valence-electron chi connectivity index (χ3n) is 5.47. The van der Waals surface area contributed by atoms with Crippen LogP contribution in [0.3, 0.4) is 0 Å². The number of fused-ring (bicyclic) bond motifs is 3. The Bertz CT molecular complexity index is 1230. The van der Waals surface area contributed by atoms with Gasteiger partial charge in [0.25, 0.3) is 0 Å². The first kappa shape index (κ1) is 22.6. The Morgan fingerprint density at radius 1 is 0.882 bits per heavy atom. The molecule has 3 aromatic carbocycles. The van der Waals surface area contributed by atoms with Crippen LogP contribution >= 0.6 is 0 Å². The van der Waals surface area contributed by atoms with Gasteiger partial charge in [0, 0.05) is 11.6 Å². The summed E-state index contributed by atoms with van der Waals surface area (Å²) in [5.41, 5.74) is 4.93. The quantitative estimate of drug-likeness (QED) is 0.555. The van der Waals surface area contributed by atoms with Gasteiger partial charge in [-0.3, -0.25) is 14.5 Å². The molecule has 0 saturated carbocycles. The first-order valence-corrected chi connectivity index (χ1v) is 10.7. The van der Waals surface area contributed by atoms with Crippen LogP contribution in [0.15, 0.2) is 78.9 Å². The molecule has 0 bridgehead atoms. The molecule has 2 N–H and O–H groups in total. The predicted molar refractivity (Wildman–Crippen MR) is 127 cm³/mol. The molecule has 34 heavy (non-hydrogen) atoms. The van der Waals surface area contributed by atoms with E-state index >= 15 is 0 Å². The molecule has 0 spiro atoms. The molecule has 0 heterocycles. The van der Waals surface area contributed by atoms with E-state index in [0.29, 0.717) is 5.69 Å². The van der Waals surface area contributed by atoms with Crippen LogP contribution in [-0.4, -0.2) is 42.8 Å². The van der Waals surface area contributed by atoms with Crippen molar-refractivity contribution in [3.05, 3.63) is 90.0 Å². The van der Waals surface area contributed by atoms with E-state index in [4.69, 9.17) is 9.84 Å². The van der Waals surface area contributed by atoms with Crippen LogP contribution in [0.2, 0.25) is 0 Å². The minimum Gasteiger partial charge on any atom is -0.480 e. The van der Waals surface area contributed by atoms with Crippen molar-refractivity contribution >= 4 is 23.7 Å². The SMILES string of the molecule is O=C(O)CN(C(=O)C#CCNC(=O)OCC1c2ccccc2-c2ccccc21)c1ccccc1. The number of amides is 2. The third-order valence-corrected chi connectivity index (χ3v) is 5.47. The molecule has 0 aromatic heterocycles. The van der Waals surface area contributed by atoms with Crippen LogP contribution in [-0.2, 0) is 14.3 Å². The van der Waals surface area contributed by atoms with Gasteiger partial charge in [0.1, 0.15) is 13.2 Å². The fourth-order valence-electron chi connectivity index (χ4n) is 3.98. The molecular formula is C27H22N2O5. The molecule has 0 atom stereocenters. The first-order chi connectivity index (χ1) is 16.5. The van der Waals surface area contributed by atoms with Gasteiger partial charge in [0.05, 0.1) is 6.54 Å². The summed E-state index contributed by atoms with van der Waals surface area (Å²) in [6.07, 6.45) is -0.644. The molecule has 170 valence electrons. The lowest BCUT2D eigenvalue weighted by atomic mass is 9.98. The summed E-state index contributed by atoms with van der Waals surface area (Å²) in [5, 5.41) is 11.6. The summed E-state index contributed by atoms with van der Waals surface area (Å²) in [5.74, 6) is 3.03. The predicted octanol–water partition coefficient (Wildman–Crippen LogP) is 3.65. The number of hydrogen-bond acceptors (Lipinski definition) is 4. The smallest absolute Gasteiger partial charge is 0.407 e. The van der Waals surface area contributed by atoms with Crippen LogP contribution in [0.4, 0.5) is 10.5 Å². The minimum atomic E-state index is -1.16. The molecule has 4 rings (SSSR count). The zero-order chi connectivity index (χ0) is 23.9. The van der Waals surface area contributed by atoms with E-state index < -0.39 is 24.5 Å². The lowest BCUT2D eigenvalue weighted by molar-refractivity contribution is -0.136. The zero-order valence-corrected chi connectivity index (χ0v) is 18.2. The highest BCUT2D eigenvalue weighted by molar-refractivity contribution is 6.08. The summed E-state index contributed by atoms with van der Waals surface area (Å²) in [6.45, 7) is -0.456. The van der Waals surface area contributed by atoms with Crippen molar-refractivity contribution in [3.8, 4) is 23.0 Å². The Morgan fingerprint density at radius 3 is 2.09 bits per heavy atom. The first-order valence-electron chi connectivity index (χ1n) is 10.7. The normalized spacial score (nSPS) is 11.4. The largest absolute Gasteiger partial charge is 0.480 e. The molecule has 0 fully saturated rings. The van der Waals surface area contributed by atoms with Gasteiger partial charge < -0.3 is 15.2 Å². The van der Waals surface area contributed by atoms with E-state index in [1.165, 1.54) is 0 Å². The monoisotopic (exact) mass is 454 g/mol. The molecule has 3 aromatic rings. The number of benzene rings is 3. The number of nitrogens with one attached hydrogen (secondary N) is 1. The summed E-state index contributed by atoms with van der Waals surface area (Å²) >= 11 is 0. The van der Waals surface area contributed by atoms with Gasteiger partial charge in [0.2, 0.25) is 0 Å². The fraction of sp³-hybridized carbons (Fsp3) is 0.148. The Hall–Kier alpha value is -4.57. The van der Waals surface area contributed by atoms with Gasteiger partial charge in [-0.15, -0.1) is 0 Å². The molecule has 0 aliphatic heterocycles. The van der Waals surface area contributed by atoms with Crippen LogP contribution in [0.25, 0.3) is 11.1 Å². The number of carbonyl (C=O) groups excluding carboxylic acids is 2. The standard InChI is InChI=1S/C27H22N2O5/c30-25(29(17-26(31)32)19-9-2-1-3-10-19)15-8-16-28-27(33)34-18-24-22-13-6-4-11-20(22)21-12-5-7-14-23(21)24/h1-7,9-14,24H,16-18H2,(H,28,33)(H,31,32). The molecular weight excluding hydrogens is 432 g/mol. The topological polar surface area (TPSA) is 95.9 Å². The van der Waals surface area contributed by atoms with Crippen molar-refractivity contribution in [3.63, 3.8) is 0 Å². The number of aliphatic carboxylic acids is 1. The number of carbonyl (C=O) groups is 3. The van der Waals surface area contributed by atoms with Crippen LogP contribution < -0.4 is 10.2 Å². The maximum atomic E-state index is 12.4. The summed E-state index contributed by atoms with van der Waals surface area (Å²) in [4.78, 5) is 36.8. The molecule has 0 radical (unpaired) electrons. The zero-order valence-electron chi connectivity index (χ0n) is 18.2. The van der Waals surface area contributed by atoms with Crippen molar-refractivity contribution < 1.29 is 24.2 Å². The maximum Gasteiger partial charge on any atom is 0.407 e. The van der Waals surface area contributed by atoms with Crippen LogP contribution in [0.5, 0.6) is 0 Å². The van der Waals surface area contributed by atoms with Crippen molar-refractivity contribution in [2.24, 2.45) is 0 Å². The van der Waals surface area contributed by atoms with Crippen molar-refractivity contribution in [1.82, 2.24) is 5.32 Å². The highest BCUT2D eigenvalue weighted by atomic mass is 16.5. The van der Waals surface area contributed by atoms with Gasteiger partial charge in [0.15, 0.2) is 0 Å². The molecule has 2 amide bonds. The summed E-state index contributed by atoms with van der Waals surface area (Å²) in [6, 6.07) is 24.5. The lowest BCUT2D eigenvalue weighted by Crippen LogP contribution is -2.35. The van der Waals surface area contributed by atoms with E-state index in [1.54, 1.807) is 30.3 Å². The van der Waals surface area contributed by atoms with Gasteiger partial charge in [-0.05, 0) is 40.3 Å². The average molecular weight is 454 g/mol. The highest BCUT2D eigenvalue weighted by Crippen LogP contribution is 2.44. The average Bonchev–Trinajstić information content (AvgIpc) is 3.18. The van der Waals surface area contributed by atoms with E-state index in [0.717, 1.165) is 27.2 Å². The van der Waals surface area contributed by atoms with Crippen molar-refractivity contribution in [1.29, 1.82) is 0 Å². The molecule has 0 saturated heterocycles. The number of nitrogens with zero attached hydrogens (tertiary/aromatic N) is 1. The Balaban J connectivity index is 1.32. The third kappa shape index (κ3) is 5.08. The Morgan fingerprint density at radius 2 is 1.47 bits per heavy atom. The number of hydrogen-bond donors (Lipinski definition) is 2. The number of carboxylic acid groups (broad SMARTS) is 1. The molecule has 0 unspecified atom stereocenters. The second-order valence-corrected chi connectivity index (χ2v) is 7.60. The fourth-order valence-corrected chi connectivity index (χ4v) is 3.98. The Labute approximate surface area is 197 Å². The number of anilines is 1. The number of carboxylic acids is 1. The Kier molecular flexibility index (Phi) is 6.89. The second-order valence-electron chi connectivity index (χ2n) is 7.60. The van der Waals surface area contributed by atoms with E-state index in [1.807, 2.05) is 36.4 Å². The van der Waals surface area contributed by atoms with Crippen molar-refractivity contribution in [2.45, 2.75) is 5.92 Å². The van der Waals surface area contributed by atoms with Gasteiger partial charge in [-0.25, -0.2) is 4.79 Å². The molecule has 1 aliphatic carbocycles. The minimum absolute atomic E-state index is 0.0544. The number of para-hydroxylation sites is 1. The number of rotatable bonds is 6. The number of ether oxygens (including phenoxy) is 1. The number of alkyl carbamates (subject to hydrolysis) is 1. The van der Waals surface area contributed by atoms with E-state index in [-0.39, 0.29) is 19.1 Å². The van der Waals surface area contributed by atoms with Gasteiger partial charge in [-0.2, -0.15) is 0 Å². The van der Waals surface area contributed by atoms with Gasteiger partial charge >= 0.3 is 18.0 Å². The molecule has 1 aliphatic rings. The second kappa shape index (κ2) is 10.4. The molecule has 7 nitrogen and oxygen atoms in total. The lowest BCUT2D eigenvalue weighted by Gasteiger charge is -2.17. The van der Waals surface area contributed by atoms with Gasteiger partial charge in [-0.1, -0.05) is 72.7 Å². The van der Waals surface area contributed by atoms with E-state index in [9.17, 15) is 14.4 Å². The van der Waals surface area contributed by atoms with Crippen LogP contribution in [0, 0.1) is 11.8 Å². The van der Waals surface area contributed by atoms with Crippen molar-refractivity contribution in [2.75, 3.05) is 24.6 Å². The summed E-state index contributed by atoms with van der Waals surface area (Å²) in [7, 11) is 0. The van der Waals surface area contributed by atoms with E-state index in [2.05, 4.69) is 29.3 Å². The van der Waals surface area contributed by atoms with Crippen LogP contribution in [0.1, 0.15) is 17.0 Å². The maximum absolute atomic E-state index is 12.4. The summed E-state index contributed by atoms with van der Waals surface area (Å²) < 4.78 is 5.43.